The Bertz CT molecular complexity index is 501. The first-order valence-corrected chi connectivity index (χ1v) is 7.56. The molecule has 0 bridgehead atoms. The lowest BCUT2D eigenvalue weighted by atomic mass is 9.96. The molecule has 0 atom stereocenters. The number of ether oxygens (including phenoxy) is 1. The van der Waals surface area contributed by atoms with Crippen LogP contribution in [0.3, 0.4) is 0 Å². The van der Waals surface area contributed by atoms with Gasteiger partial charge in [0.05, 0.1) is 12.7 Å². The maximum Gasteiger partial charge on any atom is 0.136 e. The number of hydrogen-bond acceptors (Lipinski definition) is 4. The molecule has 1 aromatic rings. The van der Waals surface area contributed by atoms with Gasteiger partial charge in [0.25, 0.3) is 0 Å². The Kier molecular flexibility index (Phi) is 5.60. The van der Waals surface area contributed by atoms with Crippen molar-refractivity contribution in [2.45, 2.75) is 19.4 Å². The summed E-state index contributed by atoms with van der Waals surface area (Å²) in [5, 5.41) is 9.02. The van der Waals surface area contributed by atoms with Crippen LogP contribution in [-0.4, -0.2) is 50.6 Å². The van der Waals surface area contributed by atoms with Gasteiger partial charge < -0.3 is 14.5 Å². The maximum absolute atomic E-state index is 9.02. The van der Waals surface area contributed by atoms with Gasteiger partial charge in [0.15, 0.2) is 0 Å². The Morgan fingerprint density at radius 3 is 2.71 bits per heavy atom. The van der Waals surface area contributed by atoms with Gasteiger partial charge in [-0.25, -0.2) is 0 Å². The molecule has 1 aliphatic heterocycles. The molecule has 0 N–H and O–H groups in total. The Morgan fingerprint density at radius 2 is 2.10 bits per heavy atom. The first-order valence-electron chi connectivity index (χ1n) is 7.56. The Labute approximate surface area is 127 Å². The largest absolute Gasteiger partial charge is 0.495 e. The van der Waals surface area contributed by atoms with Gasteiger partial charge in [-0.05, 0) is 63.6 Å². The molecule has 1 aliphatic rings. The van der Waals surface area contributed by atoms with Crippen molar-refractivity contribution >= 4 is 0 Å². The molecule has 2 rings (SSSR count). The monoisotopic (exact) mass is 287 g/mol. The normalized spacial score (nSPS) is 16.9. The highest BCUT2D eigenvalue weighted by Crippen LogP contribution is 2.21. The average Bonchev–Trinajstić information content (AvgIpc) is 2.49. The molecule has 1 aromatic carbocycles. The SMILES string of the molecule is COc1cc(CN(C)CC2CCN(C)CC2)ccc1C#N. The maximum atomic E-state index is 9.02. The minimum Gasteiger partial charge on any atom is -0.495 e. The standard InChI is InChI=1S/C17H25N3O/c1-19-8-6-14(7-9-19)12-20(2)13-15-4-5-16(11-18)17(10-15)21-3/h4-5,10,14H,6-9,12-13H2,1-3H3. The van der Waals surface area contributed by atoms with E-state index < -0.39 is 0 Å². The van der Waals surface area contributed by atoms with Crippen molar-refractivity contribution in [2.24, 2.45) is 5.92 Å². The minimum absolute atomic E-state index is 0.597. The summed E-state index contributed by atoms with van der Waals surface area (Å²) >= 11 is 0. The van der Waals surface area contributed by atoms with Crippen LogP contribution in [0.25, 0.3) is 0 Å². The van der Waals surface area contributed by atoms with Crippen molar-refractivity contribution in [1.82, 2.24) is 9.80 Å². The fourth-order valence-corrected chi connectivity index (χ4v) is 2.99. The van der Waals surface area contributed by atoms with Gasteiger partial charge in [0.2, 0.25) is 0 Å². The van der Waals surface area contributed by atoms with Gasteiger partial charge in [-0.15, -0.1) is 0 Å². The van der Waals surface area contributed by atoms with Crippen molar-refractivity contribution in [2.75, 3.05) is 40.8 Å². The first-order chi connectivity index (χ1) is 10.1. The molecule has 0 aromatic heterocycles. The summed E-state index contributed by atoms with van der Waals surface area (Å²) in [5.41, 5.74) is 1.79. The zero-order chi connectivity index (χ0) is 15.2. The zero-order valence-electron chi connectivity index (χ0n) is 13.3. The van der Waals surface area contributed by atoms with Crippen LogP contribution in [0.1, 0.15) is 24.0 Å². The number of benzene rings is 1. The number of hydrogen-bond donors (Lipinski definition) is 0. The second-order valence-electron chi connectivity index (χ2n) is 6.09. The molecule has 0 unspecified atom stereocenters. The van der Waals surface area contributed by atoms with Gasteiger partial charge >= 0.3 is 0 Å². The van der Waals surface area contributed by atoms with Crippen LogP contribution in [-0.2, 0) is 6.54 Å². The second-order valence-corrected chi connectivity index (χ2v) is 6.09. The molecule has 21 heavy (non-hydrogen) atoms. The topological polar surface area (TPSA) is 39.5 Å². The van der Waals surface area contributed by atoms with Crippen LogP contribution in [0.4, 0.5) is 0 Å². The Hall–Kier alpha value is -1.57. The number of piperidine rings is 1. The van der Waals surface area contributed by atoms with Gasteiger partial charge in [-0.3, -0.25) is 0 Å². The molecule has 114 valence electrons. The van der Waals surface area contributed by atoms with E-state index in [1.165, 1.54) is 31.5 Å². The van der Waals surface area contributed by atoms with E-state index in [1.54, 1.807) is 7.11 Å². The number of nitriles is 1. The highest BCUT2D eigenvalue weighted by molar-refractivity contribution is 5.45. The lowest BCUT2D eigenvalue weighted by Crippen LogP contribution is -2.35. The smallest absolute Gasteiger partial charge is 0.136 e. The lowest BCUT2D eigenvalue weighted by Gasteiger charge is -2.31. The fraction of sp³-hybridized carbons (Fsp3) is 0.588. The van der Waals surface area contributed by atoms with Gasteiger partial charge in [-0.1, -0.05) is 6.07 Å². The average molecular weight is 287 g/mol. The molecule has 0 spiro atoms. The predicted octanol–water partition coefficient (Wildman–Crippen LogP) is 2.34. The summed E-state index contributed by atoms with van der Waals surface area (Å²) in [6.07, 6.45) is 2.58. The third kappa shape index (κ3) is 4.45. The lowest BCUT2D eigenvalue weighted by molar-refractivity contribution is 0.173. The number of methoxy groups -OCH3 is 1. The van der Waals surface area contributed by atoms with Crippen molar-refractivity contribution in [3.05, 3.63) is 29.3 Å². The number of rotatable bonds is 5. The van der Waals surface area contributed by atoms with Crippen LogP contribution < -0.4 is 4.74 Å². The van der Waals surface area contributed by atoms with Gasteiger partial charge in [-0.2, -0.15) is 5.26 Å². The third-order valence-electron chi connectivity index (χ3n) is 4.25. The molecular weight excluding hydrogens is 262 g/mol. The molecule has 4 nitrogen and oxygen atoms in total. The molecule has 1 heterocycles. The summed E-state index contributed by atoms with van der Waals surface area (Å²) in [6, 6.07) is 7.99. The highest BCUT2D eigenvalue weighted by atomic mass is 16.5. The summed E-state index contributed by atoms with van der Waals surface area (Å²) in [7, 11) is 5.98. The number of nitrogens with zero attached hydrogens (tertiary/aromatic N) is 3. The van der Waals surface area contributed by atoms with E-state index in [0.29, 0.717) is 11.3 Å². The summed E-state index contributed by atoms with van der Waals surface area (Å²) in [6.45, 7) is 4.46. The quantitative estimate of drug-likeness (QED) is 0.833. The van der Waals surface area contributed by atoms with E-state index >= 15 is 0 Å². The fourth-order valence-electron chi connectivity index (χ4n) is 2.99. The van der Waals surface area contributed by atoms with E-state index in [2.05, 4.69) is 30.0 Å². The molecular formula is C17H25N3O. The van der Waals surface area contributed by atoms with Crippen LogP contribution in [0.5, 0.6) is 5.75 Å². The zero-order valence-corrected chi connectivity index (χ0v) is 13.3. The second kappa shape index (κ2) is 7.44. The Balaban J connectivity index is 1.90. The molecule has 0 radical (unpaired) electrons. The van der Waals surface area contributed by atoms with Crippen LogP contribution in [0, 0.1) is 17.2 Å². The molecule has 1 saturated heterocycles. The predicted molar refractivity (Wildman–Crippen MR) is 84.3 cm³/mol. The first kappa shape index (κ1) is 15.8. The minimum atomic E-state index is 0.597. The molecule has 0 aliphatic carbocycles. The van der Waals surface area contributed by atoms with Crippen LogP contribution in [0.2, 0.25) is 0 Å². The van der Waals surface area contributed by atoms with Crippen molar-refractivity contribution < 1.29 is 4.74 Å². The van der Waals surface area contributed by atoms with E-state index in [-0.39, 0.29) is 0 Å². The Morgan fingerprint density at radius 1 is 1.38 bits per heavy atom. The van der Waals surface area contributed by atoms with Crippen molar-refractivity contribution in [3.63, 3.8) is 0 Å². The van der Waals surface area contributed by atoms with Crippen molar-refractivity contribution in [3.8, 4) is 11.8 Å². The van der Waals surface area contributed by atoms with Crippen LogP contribution >= 0.6 is 0 Å². The van der Waals surface area contributed by atoms with E-state index in [4.69, 9.17) is 10.00 Å². The van der Waals surface area contributed by atoms with E-state index in [0.717, 1.165) is 19.0 Å². The summed E-state index contributed by atoms with van der Waals surface area (Å²) < 4.78 is 5.27. The van der Waals surface area contributed by atoms with Crippen molar-refractivity contribution in [1.29, 1.82) is 5.26 Å². The van der Waals surface area contributed by atoms with E-state index in [9.17, 15) is 0 Å². The molecule has 1 fully saturated rings. The summed E-state index contributed by atoms with van der Waals surface area (Å²) in [4.78, 5) is 4.78. The molecule has 0 amide bonds. The summed E-state index contributed by atoms with van der Waals surface area (Å²) in [5.74, 6) is 1.47. The van der Waals surface area contributed by atoms with Gasteiger partial charge in [0.1, 0.15) is 11.8 Å². The number of likely N-dealkylation sites (tertiary alicyclic amines) is 1. The van der Waals surface area contributed by atoms with Crippen LogP contribution in [0.15, 0.2) is 18.2 Å². The molecule has 0 saturated carbocycles. The highest BCUT2D eigenvalue weighted by Gasteiger charge is 2.18. The van der Waals surface area contributed by atoms with E-state index in [1.807, 2.05) is 18.2 Å². The molecule has 4 heteroatoms. The third-order valence-corrected chi connectivity index (χ3v) is 4.25. The van der Waals surface area contributed by atoms with Gasteiger partial charge in [0, 0.05) is 13.1 Å².